The van der Waals surface area contributed by atoms with Gasteiger partial charge in [0.2, 0.25) is 0 Å². The largest absolute Gasteiger partial charge is 0.480 e. The van der Waals surface area contributed by atoms with E-state index in [9.17, 15) is 9.59 Å². The van der Waals surface area contributed by atoms with Gasteiger partial charge < -0.3 is 20.1 Å². The topological polar surface area (TPSA) is 78.9 Å². The molecule has 0 saturated heterocycles. The number of ether oxygens (including phenoxy) is 1. The van der Waals surface area contributed by atoms with E-state index in [0.717, 1.165) is 0 Å². The summed E-state index contributed by atoms with van der Waals surface area (Å²) in [5.41, 5.74) is -1.26. The first-order valence-corrected chi connectivity index (χ1v) is 5.07. The molecule has 0 heterocycles. The van der Waals surface area contributed by atoms with Crippen LogP contribution in [-0.4, -0.2) is 54.9 Å². The van der Waals surface area contributed by atoms with Crippen LogP contribution in [0.2, 0.25) is 0 Å². The van der Waals surface area contributed by atoms with Crippen molar-refractivity contribution in [3.8, 4) is 0 Å². The summed E-state index contributed by atoms with van der Waals surface area (Å²) in [6, 6.07) is -0.400. The van der Waals surface area contributed by atoms with Crippen molar-refractivity contribution in [3.63, 3.8) is 0 Å². The first-order valence-electron chi connectivity index (χ1n) is 5.07. The molecule has 2 N–H and O–H groups in total. The van der Waals surface area contributed by atoms with Crippen molar-refractivity contribution in [2.45, 2.75) is 25.8 Å². The number of carbonyl (C=O) groups excluding carboxylic acids is 1. The summed E-state index contributed by atoms with van der Waals surface area (Å²) in [5.74, 6) is -1.06. The van der Waals surface area contributed by atoms with E-state index >= 15 is 0 Å². The molecule has 0 aromatic carbocycles. The van der Waals surface area contributed by atoms with Gasteiger partial charge in [0.1, 0.15) is 5.54 Å². The van der Waals surface area contributed by atoms with Gasteiger partial charge in [-0.05, 0) is 20.3 Å². The second-order valence-electron chi connectivity index (χ2n) is 4.13. The van der Waals surface area contributed by atoms with E-state index in [2.05, 4.69) is 5.32 Å². The molecule has 0 bridgehead atoms. The van der Waals surface area contributed by atoms with E-state index in [1.165, 1.54) is 18.7 Å². The molecule has 0 fully saturated rings. The van der Waals surface area contributed by atoms with Crippen LogP contribution in [0.3, 0.4) is 0 Å². The van der Waals surface area contributed by atoms with E-state index in [-0.39, 0.29) is 0 Å². The molecule has 0 spiro atoms. The zero-order chi connectivity index (χ0) is 12.8. The molecule has 16 heavy (non-hydrogen) atoms. The van der Waals surface area contributed by atoms with Crippen LogP contribution in [0.4, 0.5) is 4.79 Å². The Morgan fingerprint density at radius 3 is 2.44 bits per heavy atom. The summed E-state index contributed by atoms with van der Waals surface area (Å²) >= 11 is 0. The molecule has 0 aliphatic rings. The Morgan fingerprint density at radius 2 is 2.00 bits per heavy atom. The number of nitrogens with one attached hydrogen (secondary N) is 1. The summed E-state index contributed by atoms with van der Waals surface area (Å²) in [7, 11) is 3.20. The van der Waals surface area contributed by atoms with Crippen LogP contribution in [-0.2, 0) is 9.53 Å². The highest BCUT2D eigenvalue weighted by atomic mass is 16.5. The standard InChI is InChI=1S/C10H20N2O4/c1-10(2,8(13)14)11-9(15)12(3)6-5-7-16-4/h5-7H2,1-4H3,(H,11,15)(H,13,14). The van der Waals surface area contributed by atoms with Crippen molar-refractivity contribution in [3.05, 3.63) is 0 Å². The number of urea groups is 1. The van der Waals surface area contributed by atoms with Crippen LogP contribution in [0, 0.1) is 0 Å². The maximum absolute atomic E-state index is 11.6. The van der Waals surface area contributed by atoms with E-state index < -0.39 is 17.5 Å². The maximum Gasteiger partial charge on any atom is 0.328 e. The third-order valence-electron chi connectivity index (χ3n) is 2.14. The van der Waals surface area contributed by atoms with Gasteiger partial charge in [-0.1, -0.05) is 0 Å². The highest BCUT2D eigenvalue weighted by Crippen LogP contribution is 2.03. The Hall–Kier alpha value is -1.30. The Labute approximate surface area is 95.6 Å². The summed E-state index contributed by atoms with van der Waals surface area (Å²) in [4.78, 5) is 23.8. The number of amides is 2. The average Bonchev–Trinajstić information content (AvgIpc) is 2.17. The molecule has 94 valence electrons. The number of hydrogen-bond acceptors (Lipinski definition) is 3. The van der Waals surface area contributed by atoms with E-state index in [1.54, 1.807) is 14.2 Å². The third kappa shape index (κ3) is 4.97. The number of carboxylic acid groups (broad SMARTS) is 1. The van der Waals surface area contributed by atoms with Gasteiger partial charge in [-0.2, -0.15) is 0 Å². The fourth-order valence-electron chi connectivity index (χ4n) is 0.964. The lowest BCUT2D eigenvalue weighted by molar-refractivity contribution is -0.143. The van der Waals surface area contributed by atoms with Gasteiger partial charge in [-0.25, -0.2) is 9.59 Å². The maximum atomic E-state index is 11.6. The van der Waals surface area contributed by atoms with Crippen molar-refractivity contribution in [2.75, 3.05) is 27.3 Å². The van der Waals surface area contributed by atoms with Gasteiger partial charge in [-0.3, -0.25) is 0 Å². The zero-order valence-electron chi connectivity index (χ0n) is 10.2. The smallest absolute Gasteiger partial charge is 0.328 e. The summed E-state index contributed by atoms with van der Waals surface area (Å²) in [6.07, 6.45) is 0.716. The molecular formula is C10H20N2O4. The molecule has 0 aliphatic carbocycles. The second-order valence-corrected chi connectivity index (χ2v) is 4.13. The molecule has 0 saturated carbocycles. The van der Waals surface area contributed by atoms with Crippen molar-refractivity contribution in [1.29, 1.82) is 0 Å². The minimum atomic E-state index is -1.26. The highest BCUT2D eigenvalue weighted by molar-refractivity contribution is 5.85. The van der Waals surface area contributed by atoms with Crippen molar-refractivity contribution in [1.82, 2.24) is 10.2 Å². The molecule has 0 aromatic rings. The monoisotopic (exact) mass is 232 g/mol. The average molecular weight is 232 g/mol. The minimum absolute atomic E-state index is 0.400. The lowest BCUT2D eigenvalue weighted by Gasteiger charge is -2.25. The predicted molar refractivity (Wildman–Crippen MR) is 59.4 cm³/mol. The fraction of sp³-hybridized carbons (Fsp3) is 0.800. The molecule has 0 unspecified atom stereocenters. The van der Waals surface area contributed by atoms with Crippen LogP contribution in [0.15, 0.2) is 0 Å². The third-order valence-corrected chi connectivity index (χ3v) is 2.14. The Morgan fingerprint density at radius 1 is 1.44 bits per heavy atom. The van der Waals surface area contributed by atoms with Gasteiger partial charge >= 0.3 is 12.0 Å². The molecule has 6 nitrogen and oxygen atoms in total. The van der Waals surface area contributed by atoms with Crippen LogP contribution < -0.4 is 5.32 Å². The van der Waals surface area contributed by atoms with Crippen LogP contribution in [0.25, 0.3) is 0 Å². The molecule has 6 heteroatoms. The molecule has 0 rings (SSSR count). The quantitative estimate of drug-likeness (QED) is 0.655. The molecular weight excluding hydrogens is 212 g/mol. The Bertz CT molecular complexity index is 253. The van der Waals surface area contributed by atoms with Gasteiger partial charge in [-0.15, -0.1) is 0 Å². The highest BCUT2D eigenvalue weighted by Gasteiger charge is 2.29. The molecule has 0 radical (unpaired) electrons. The number of nitrogens with zero attached hydrogens (tertiary/aromatic N) is 1. The predicted octanol–water partition coefficient (Wildman–Crippen LogP) is 0.527. The minimum Gasteiger partial charge on any atom is -0.480 e. The van der Waals surface area contributed by atoms with Gasteiger partial charge in [0.25, 0.3) is 0 Å². The Kier molecular flexibility index (Phi) is 5.81. The van der Waals surface area contributed by atoms with Gasteiger partial charge in [0, 0.05) is 27.3 Å². The number of methoxy groups -OCH3 is 1. The fourth-order valence-corrected chi connectivity index (χ4v) is 0.964. The number of carbonyl (C=O) groups is 2. The normalized spacial score (nSPS) is 11.0. The molecule has 2 amide bonds. The summed E-state index contributed by atoms with van der Waals surface area (Å²) in [5, 5.41) is 11.3. The lowest BCUT2D eigenvalue weighted by Crippen LogP contribution is -2.53. The molecule has 0 aromatic heterocycles. The van der Waals surface area contributed by atoms with Gasteiger partial charge in [0.05, 0.1) is 0 Å². The first kappa shape index (κ1) is 14.7. The Balaban J connectivity index is 4.10. The number of aliphatic carboxylic acids is 1. The lowest BCUT2D eigenvalue weighted by atomic mass is 10.1. The summed E-state index contributed by atoms with van der Waals surface area (Å²) < 4.78 is 4.86. The van der Waals surface area contributed by atoms with E-state index in [0.29, 0.717) is 19.6 Å². The second kappa shape index (κ2) is 6.32. The number of rotatable bonds is 6. The SMILES string of the molecule is COCCCN(C)C(=O)NC(C)(C)C(=O)O. The number of carboxylic acids is 1. The van der Waals surface area contributed by atoms with Crippen molar-refractivity contribution < 1.29 is 19.4 Å². The molecule has 0 aliphatic heterocycles. The zero-order valence-corrected chi connectivity index (χ0v) is 10.2. The van der Waals surface area contributed by atoms with Gasteiger partial charge in [0.15, 0.2) is 0 Å². The van der Waals surface area contributed by atoms with E-state index in [4.69, 9.17) is 9.84 Å². The van der Waals surface area contributed by atoms with Crippen molar-refractivity contribution in [2.24, 2.45) is 0 Å². The summed E-state index contributed by atoms with van der Waals surface area (Å²) in [6.45, 7) is 3.97. The van der Waals surface area contributed by atoms with E-state index in [1.807, 2.05) is 0 Å². The van der Waals surface area contributed by atoms with Crippen molar-refractivity contribution >= 4 is 12.0 Å². The molecule has 0 atom stereocenters. The number of hydrogen-bond donors (Lipinski definition) is 2. The van der Waals surface area contributed by atoms with Crippen LogP contribution >= 0.6 is 0 Å². The first-order chi connectivity index (χ1) is 7.31. The van der Waals surface area contributed by atoms with Crippen LogP contribution in [0.1, 0.15) is 20.3 Å². The van der Waals surface area contributed by atoms with Crippen LogP contribution in [0.5, 0.6) is 0 Å².